The molecule has 44 heavy (non-hydrogen) atoms. The number of nitrogens with zero attached hydrogens (tertiary/aromatic N) is 3. The van der Waals surface area contributed by atoms with Gasteiger partial charge in [-0.3, -0.25) is 4.79 Å². The molecule has 2 amide bonds. The van der Waals surface area contributed by atoms with Crippen LogP contribution in [0.2, 0.25) is 0 Å². The molecule has 2 bridgehead atoms. The van der Waals surface area contributed by atoms with Crippen molar-refractivity contribution in [3.63, 3.8) is 0 Å². The standard InChI is InChI=1S/C34H48N4O6/c1-8-23-27(19-39)38-18-28(23)43-30-25(35-24-15-14-22(42-7)16-26(24)36-30)13-11-9-10-12-21-17-34(21,20(2)3)44-32(41)37-29(31(38)40)33(4,5)6/h14-16,19-21,23,27-29H,8-13,17-18H2,1-7H3,(H,37,41)/t21-,23+,27-,28+,29-,34+/m1/s1. The Hall–Kier alpha value is -3.43. The highest BCUT2D eigenvalue weighted by Gasteiger charge is 2.59. The molecule has 6 atom stereocenters. The average molecular weight is 609 g/mol. The molecular formula is C34H48N4O6. The smallest absolute Gasteiger partial charge is 0.408 e. The van der Waals surface area contributed by atoms with Crippen LogP contribution in [0.3, 0.4) is 0 Å². The Morgan fingerprint density at radius 3 is 2.59 bits per heavy atom. The van der Waals surface area contributed by atoms with Crippen LogP contribution in [0.15, 0.2) is 18.2 Å². The Balaban J connectivity index is 1.53. The van der Waals surface area contributed by atoms with Crippen molar-refractivity contribution >= 4 is 29.3 Å². The molecule has 2 aromatic rings. The van der Waals surface area contributed by atoms with E-state index in [9.17, 15) is 14.4 Å². The van der Waals surface area contributed by atoms with Crippen LogP contribution in [0.1, 0.15) is 85.8 Å². The Bertz CT molecular complexity index is 1390. The predicted molar refractivity (Wildman–Crippen MR) is 167 cm³/mol. The third kappa shape index (κ3) is 6.22. The predicted octanol–water partition coefficient (Wildman–Crippen LogP) is 5.49. The summed E-state index contributed by atoms with van der Waals surface area (Å²) in [5.74, 6) is 0.978. The van der Waals surface area contributed by atoms with E-state index in [2.05, 4.69) is 19.2 Å². The van der Waals surface area contributed by atoms with Gasteiger partial charge < -0.3 is 29.2 Å². The molecule has 5 rings (SSSR count). The molecule has 2 aliphatic heterocycles. The maximum atomic E-state index is 14.2. The second-order valence-electron chi connectivity index (χ2n) is 14.1. The third-order valence-corrected chi connectivity index (χ3v) is 9.91. The first kappa shape index (κ1) is 32.0. The maximum Gasteiger partial charge on any atom is 0.408 e. The number of nitrogens with one attached hydrogen (secondary N) is 1. The van der Waals surface area contributed by atoms with Crippen molar-refractivity contribution in [1.82, 2.24) is 20.2 Å². The van der Waals surface area contributed by atoms with Crippen LogP contribution in [0.25, 0.3) is 11.0 Å². The number of carbonyl (C=O) groups is 3. The molecule has 1 saturated carbocycles. The Labute approximate surface area is 260 Å². The fraction of sp³-hybridized carbons (Fsp3) is 0.676. The van der Waals surface area contributed by atoms with Gasteiger partial charge in [-0.2, -0.15) is 0 Å². The van der Waals surface area contributed by atoms with E-state index in [0.717, 1.165) is 49.6 Å². The lowest BCUT2D eigenvalue weighted by atomic mass is 9.85. The summed E-state index contributed by atoms with van der Waals surface area (Å²) in [7, 11) is 1.61. The monoisotopic (exact) mass is 608 g/mol. The highest BCUT2D eigenvalue weighted by molar-refractivity contribution is 5.89. The highest BCUT2D eigenvalue weighted by Crippen LogP contribution is 2.55. The molecule has 1 aliphatic carbocycles. The zero-order valence-corrected chi connectivity index (χ0v) is 27.2. The number of hydrogen-bond donors (Lipinski definition) is 1. The molecule has 0 spiro atoms. The number of amides is 2. The van der Waals surface area contributed by atoms with Gasteiger partial charge in [0.15, 0.2) is 0 Å². The van der Waals surface area contributed by atoms with E-state index in [0.29, 0.717) is 30.0 Å². The van der Waals surface area contributed by atoms with Gasteiger partial charge in [-0.15, -0.1) is 0 Å². The minimum Gasteiger partial charge on any atom is -0.497 e. The normalized spacial score (nSPS) is 29.9. The van der Waals surface area contributed by atoms with Gasteiger partial charge in [0, 0.05) is 17.9 Å². The van der Waals surface area contributed by atoms with Gasteiger partial charge in [-0.25, -0.2) is 14.8 Å². The number of methoxy groups -OCH3 is 1. The Kier molecular flexibility index (Phi) is 9.10. The van der Waals surface area contributed by atoms with Crippen molar-refractivity contribution in [2.45, 2.75) is 110 Å². The van der Waals surface area contributed by atoms with Gasteiger partial charge >= 0.3 is 6.09 Å². The van der Waals surface area contributed by atoms with E-state index in [1.807, 2.05) is 45.9 Å². The SMILES string of the molecule is CC[C@@H]1[C@@H]2CN(C(=O)[C@H](C(C)(C)C)NC(=O)O[C@]3(C(C)C)C[C@H]3CCCCCc3nc4ccc(OC)cc4nc3O2)[C@@H]1C=O. The molecular weight excluding hydrogens is 560 g/mol. The minimum atomic E-state index is -0.891. The largest absolute Gasteiger partial charge is 0.497 e. The molecule has 2 fully saturated rings. The van der Waals surface area contributed by atoms with Crippen molar-refractivity contribution in [3.8, 4) is 11.6 Å². The lowest BCUT2D eigenvalue weighted by Crippen LogP contribution is -2.57. The number of hydrogen-bond acceptors (Lipinski definition) is 8. The van der Waals surface area contributed by atoms with Crippen molar-refractivity contribution in [3.05, 3.63) is 23.9 Å². The van der Waals surface area contributed by atoms with Crippen LogP contribution < -0.4 is 14.8 Å². The number of fused-ring (bicyclic) bond motifs is 5. The number of aryl methyl sites for hydroxylation is 1. The summed E-state index contributed by atoms with van der Waals surface area (Å²) in [4.78, 5) is 51.6. The molecule has 1 aromatic carbocycles. The number of ether oxygens (including phenoxy) is 3. The molecule has 1 N–H and O–H groups in total. The summed E-state index contributed by atoms with van der Waals surface area (Å²) >= 11 is 0. The van der Waals surface area contributed by atoms with Crippen molar-refractivity contribution in [2.24, 2.45) is 23.2 Å². The number of aromatic nitrogens is 2. The van der Waals surface area contributed by atoms with Crippen LogP contribution >= 0.6 is 0 Å². The summed E-state index contributed by atoms with van der Waals surface area (Å²) in [6.07, 6.45) is 5.80. The van der Waals surface area contributed by atoms with Crippen LogP contribution in [0.5, 0.6) is 11.6 Å². The fourth-order valence-electron chi connectivity index (χ4n) is 7.14. The summed E-state index contributed by atoms with van der Waals surface area (Å²) in [5, 5.41) is 2.91. The number of carbonyl (C=O) groups excluding carboxylic acids is 3. The zero-order valence-electron chi connectivity index (χ0n) is 27.2. The average Bonchev–Trinajstić information content (AvgIpc) is 3.56. The maximum absolute atomic E-state index is 14.2. The number of rotatable bonds is 4. The van der Waals surface area contributed by atoms with E-state index in [-0.39, 0.29) is 30.2 Å². The van der Waals surface area contributed by atoms with Gasteiger partial charge in [-0.1, -0.05) is 54.4 Å². The summed E-state index contributed by atoms with van der Waals surface area (Å²) in [6.45, 7) is 12.1. The summed E-state index contributed by atoms with van der Waals surface area (Å²) in [5.41, 5.74) is 1.04. The fourth-order valence-corrected chi connectivity index (χ4v) is 7.14. The number of aldehydes is 1. The second-order valence-corrected chi connectivity index (χ2v) is 14.1. The van der Waals surface area contributed by atoms with Crippen LogP contribution in [-0.2, 0) is 20.7 Å². The molecule has 1 saturated heterocycles. The van der Waals surface area contributed by atoms with Crippen LogP contribution in [0.4, 0.5) is 4.79 Å². The highest BCUT2D eigenvalue weighted by atomic mass is 16.6. The molecule has 10 nitrogen and oxygen atoms in total. The van der Waals surface area contributed by atoms with E-state index >= 15 is 0 Å². The molecule has 240 valence electrons. The quantitative estimate of drug-likeness (QED) is 0.453. The van der Waals surface area contributed by atoms with E-state index in [1.54, 1.807) is 12.0 Å². The lowest BCUT2D eigenvalue weighted by molar-refractivity contribution is -0.139. The third-order valence-electron chi connectivity index (χ3n) is 9.91. The van der Waals surface area contributed by atoms with Gasteiger partial charge in [0.05, 0.1) is 30.7 Å². The minimum absolute atomic E-state index is 0.155. The zero-order chi connectivity index (χ0) is 31.8. The summed E-state index contributed by atoms with van der Waals surface area (Å²) in [6, 6.07) is 4.02. The van der Waals surface area contributed by atoms with Gasteiger partial charge in [0.25, 0.3) is 0 Å². The Morgan fingerprint density at radius 2 is 1.93 bits per heavy atom. The van der Waals surface area contributed by atoms with Crippen molar-refractivity contribution < 1.29 is 28.6 Å². The molecule has 3 heterocycles. The molecule has 1 aromatic heterocycles. The van der Waals surface area contributed by atoms with Crippen molar-refractivity contribution in [1.29, 1.82) is 0 Å². The first-order valence-corrected chi connectivity index (χ1v) is 16.2. The first-order chi connectivity index (χ1) is 20.9. The van der Waals surface area contributed by atoms with E-state index < -0.39 is 35.3 Å². The molecule has 10 heteroatoms. The van der Waals surface area contributed by atoms with Gasteiger partial charge in [-0.05, 0) is 55.6 Å². The molecule has 0 radical (unpaired) electrons. The van der Waals surface area contributed by atoms with E-state index in [4.69, 9.17) is 24.2 Å². The number of benzene rings is 1. The van der Waals surface area contributed by atoms with Crippen LogP contribution in [-0.4, -0.2) is 70.6 Å². The Morgan fingerprint density at radius 1 is 1.16 bits per heavy atom. The first-order valence-electron chi connectivity index (χ1n) is 16.2. The van der Waals surface area contributed by atoms with Crippen LogP contribution in [0, 0.1) is 23.2 Å². The van der Waals surface area contributed by atoms with Gasteiger partial charge in [0.2, 0.25) is 11.8 Å². The van der Waals surface area contributed by atoms with Crippen molar-refractivity contribution in [2.75, 3.05) is 13.7 Å². The lowest BCUT2D eigenvalue weighted by Gasteiger charge is -2.35. The second kappa shape index (κ2) is 12.5. The topological polar surface area (TPSA) is 120 Å². The number of alkyl carbamates (subject to hydrolysis) is 1. The summed E-state index contributed by atoms with van der Waals surface area (Å²) < 4.78 is 18.2. The molecule has 3 aliphatic rings. The van der Waals surface area contributed by atoms with E-state index in [1.165, 1.54) is 0 Å². The van der Waals surface area contributed by atoms with Gasteiger partial charge in [0.1, 0.15) is 35.5 Å². The molecule has 0 unspecified atom stereocenters.